The highest BCUT2D eigenvalue weighted by Crippen LogP contribution is 2.22. The molecule has 0 spiro atoms. The minimum atomic E-state index is -0.518. The van der Waals surface area contributed by atoms with Crippen molar-refractivity contribution in [2.75, 3.05) is 13.2 Å². The van der Waals surface area contributed by atoms with Crippen LogP contribution in [0.25, 0.3) is 0 Å². The van der Waals surface area contributed by atoms with Crippen LogP contribution in [0.2, 0.25) is 5.02 Å². The van der Waals surface area contributed by atoms with E-state index in [9.17, 15) is 5.11 Å². The third kappa shape index (κ3) is 6.06. The molecule has 1 atom stereocenters. The Morgan fingerprint density at radius 2 is 2.05 bits per heavy atom. The van der Waals surface area contributed by atoms with E-state index in [1.807, 2.05) is 35.7 Å². The molecule has 0 aliphatic heterocycles. The van der Waals surface area contributed by atoms with Crippen molar-refractivity contribution >= 4 is 38.9 Å². The minimum absolute atomic E-state index is 0.307. The van der Waals surface area contributed by atoms with Gasteiger partial charge in [-0.2, -0.15) is 0 Å². The SMILES string of the molecule is OC(CNCc1sccc1Br)COCc1ccc(Cl)cc1. The molecule has 3 nitrogen and oxygen atoms in total. The van der Waals surface area contributed by atoms with Gasteiger partial charge in [0, 0.05) is 27.5 Å². The molecule has 21 heavy (non-hydrogen) atoms. The van der Waals surface area contributed by atoms with Crippen LogP contribution in [0.3, 0.4) is 0 Å². The molecule has 0 saturated carbocycles. The van der Waals surface area contributed by atoms with Gasteiger partial charge in [-0.25, -0.2) is 0 Å². The summed E-state index contributed by atoms with van der Waals surface area (Å²) in [5.74, 6) is 0. The average Bonchev–Trinajstić information content (AvgIpc) is 2.87. The van der Waals surface area contributed by atoms with Gasteiger partial charge >= 0.3 is 0 Å². The second-order valence-corrected chi connectivity index (χ2v) is 6.91. The summed E-state index contributed by atoms with van der Waals surface area (Å²) in [6.07, 6.45) is -0.518. The zero-order valence-corrected chi connectivity index (χ0v) is 14.5. The lowest BCUT2D eigenvalue weighted by Gasteiger charge is -2.12. The summed E-state index contributed by atoms with van der Waals surface area (Å²) in [7, 11) is 0. The first-order valence-electron chi connectivity index (χ1n) is 6.58. The van der Waals surface area contributed by atoms with Gasteiger partial charge in [0.15, 0.2) is 0 Å². The maximum atomic E-state index is 9.85. The van der Waals surface area contributed by atoms with Gasteiger partial charge in [0.1, 0.15) is 0 Å². The van der Waals surface area contributed by atoms with Crippen molar-refractivity contribution in [2.24, 2.45) is 0 Å². The molecule has 1 unspecified atom stereocenters. The van der Waals surface area contributed by atoms with Crippen LogP contribution in [-0.4, -0.2) is 24.4 Å². The van der Waals surface area contributed by atoms with Crippen LogP contribution in [0.15, 0.2) is 40.2 Å². The van der Waals surface area contributed by atoms with E-state index >= 15 is 0 Å². The summed E-state index contributed by atoms with van der Waals surface area (Å²) in [4.78, 5) is 1.23. The molecule has 114 valence electrons. The number of aliphatic hydroxyl groups is 1. The van der Waals surface area contributed by atoms with E-state index in [0.29, 0.717) is 24.8 Å². The number of hydrogen-bond donors (Lipinski definition) is 2. The molecule has 1 aromatic heterocycles. The molecule has 0 radical (unpaired) electrons. The molecule has 0 aliphatic rings. The van der Waals surface area contributed by atoms with Gasteiger partial charge in [-0.1, -0.05) is 23.7 Å². The van der Waals surface area contributed by atoms with Crippen molar-refractivity contribution in [1.29, 1.82) is 0 Å². The Kier molecular flexibility index (Phi) is 7.16. The predicted octanol–water partition coefficient (Wildman–Crippen LogP) is 3.83. The van der Waals surface area contributed by atoms with Crippen LogP contribution in [0.1, 0.15) is 10.4 Å². The van der Waals surface area contributed by atoms with Crippen LogP contribution in [0.4, 0.5) is 0 Å². The number of thiophene rings is 1. The van der Waals surface area contributed by atoms with Gasteiger partial charge in [0.25, 0.3) is 0 Å². The molecule has 2 N–H and O–H groups in total. The van der Waals surface area contributed by atoms with Gasteiger partial charge in [-0.3, -0.25) is 0 Å². The van der Waals surface area contributed by atoms with Crippen LogP contribution < -0.4 is 5.32 Å². The molecule has 2 rings (SSSR count). The summed E-state index contributed by atoms with van der Waals surface area (Å²) in [5.41, 5.74) is 1.04. The Morgan fingerprint density at radius 3 is 2.71 bits per heavy atom. The highest BCUT2D eigenvalue weighted by molar-refractivity contribution is 9.10. The first-order chi connectivity index (χ1) is 10.1. The van der Waals surface area contributed by atoms with Gasteiger partial charge < -0.3 is 15.2 Å². The summed E-state index contributed by atoms with van der Waals surface area (Å²) < 4.78 is 6.60. The molecular weight excluding hydrogens is 374 g/mol. The summed E-state index contributed by atoms with van der Waals surface area (Å²) in [5, 5.41) is 15.8. The topological polar surface area (TPSA) is 41.5 Å². The third-order valence-electron chi connectivity index (χ3n) is 2.85. The highest BCUT2D eigenvalue weighted by Gasteiger charge is 2.06. The van der Waals surface area contributed by atoms with Crippen molar-refractivity contribution in [2.45, 2.75) is 19.3 Å². The second kappa shape index (κ2) is 8.88. The van der Waals surface area contributed by atoms with Gasteiger partial charge in [0.05, 0.1) is 19.3 Å². The molecule has 0 bridgehead atoms. The summed E-state index contributed by atoms with van der Waals surface area (Å²) >= 11 is 11.0. The molecule has 1 aromatic carbocycles. The number of ether oxygens (including phenoxy) is 1. The molecule has 6 heteroatoms. The van der Waals surface area contributed by atoms with Gasteiger partial charge in [-0.05, 0) is 45.1 Å². The van der Waals surface area contributed by atoms with Crippen molar-refractivity contribution in [3.8, 4) is 0 Å². The van der Waals surface area contributed by atoms with E-state index in [2.05, 4.69) is 21.2 Å². The van der Waals surface area contributed by atoms with E-state index in [1.54, 1.807) is 11.3 Å². The van der Waals surface area contributed by atoms with Gasteiger partial charge in [0.2, 0.25) is 0 Å². The molecule has 2 aromatic rings. The second-order valence-electron chi connectivity index (χ2n) is 4.62. The lowest BCUT2D eigenvalue weighted by molar-refractivity contribution is 0.0287. The minimum Gasteiger partial charge on any atom is -0.389 e. The molecule has 0 amide bonds. The van der Waals surface area contributed by atoms with Gasteiger partial charge in [-0.15, -0.1) is 11.3 Å². The highest BCUT2D eigenvalue weighted by atomic mass is 79.9. The Hall–Kier alpha value is -0.430. The molecule has 0 saturated heterocycles. The Bertz CT molecular complexity index is 547. The zero-order chi connectivity index (χ0) is 15.1. The molecule has 1 heterocycles. The van der Waals surface area contributed by atoms with E-state index in [0.717, 1.165) is 16.6 Å². The maximum absolute atomic E-state index is 9.85. The Morgan fingerprint density at radius 1 is 1.29 bits per heavy atom. The zero-order valence-electron chi connectivity index (χ0n) is 11.4. The fraction of sp³-hybridized carbons (Fsp3) is 0.333. The van der Waals surface area contributed by atoms with Crippen molar-refractivity contribution in [1.82, 2.24) is 5.32 Å². The first kappa shape index (κ1) is 16.9. The Labute approximate surface area is 142 Å². The van der Waals surface area contributed by atoms with Crippen LogP contribution in [0.5, 0.6) is 0 Å². The van der Waals surface area contributed by atoms with Crippen molar-refractivity contribution in [3.05, 3.63) is 55.6 Å². The van der Waals surface area contributed by atoms with Crippen LogP contribution >= 0.6 is 38.9 Å². The lowest BCUT2D eigenvalue weighted by Crippen LogP contribution is -2.29. The van der Waals surface area contributed by atoms with Crippen molar-refractivity contribution < 1.29 is 9.84 Å². The fourth-order valence-corrected chi connectivity index (χ4v) is 3.34. The number of aliphatic hydroxyl groups excluding tert-OH is 1. The molecule has 0 fully saturated rings. The lowest BCUT2D eigenvalue weighted by atomic mass is 10.2. The molecular formula is C15H17BrClNO2S. The average molecular weight is 391 g/mol. The van der Waals surface area contributed by atoms with Crippen molar-refractivity contribution in [3.63, 3.8) is 0 Å². The van der Waals surface area contributed by atoms with E-state index < -0.39 is 6.10 Å². The largest absolute Gasteiger partial charge is 0.389 e. The summed E-state index contributed by atoms with van der Waals surface area (Å²) in [6, 6.07) is 9.52. The number of nitrogens with one attached hydrogen (secondary N) is 1. The number of rotatable bonds is 8. The smallest absolute Gasteiger partial charge is 0.0897 e. The fourth-order valence-electron chi connectivity index (χ4n) is 1.76. The van der Waals surface area contributed by atoms with Crippen LogP contribution in [0, 0.1) is 0 Å². The molecule has 0 aliphatic carbocycles. The van der Waals surface area contributed by atoms with E-state index in [-0.39, 0.29) is 0 Å². The predicted molar refractivity (Wildman–Crippen MR) is 90.8 cm³/mol. The quantitative estimate of drug-likeness (QED) is 0.720. The Balaban J connectivity index is 1.60. The normalized spacial score (nSPS) is 12.5. The van der Waals surface area contributed by atoms with E-state index in [1.165, 1.54) is 4.88 Å². The monoisotopic (exact) mass is 389 g/mol. The number of hydrogen-bond acceptors (Lipinski definition) is 4. The maximum Gasteiger partial charge on any atom is 0.0897 e. The van der Waals surface area contributed by atoms with Crippen LogP contribution in [-0.2, 0) is 17.9 Å². The third-order valence-corrected chi connectivity index (χ3v) is 5.03. The standard InChI is InChI=1S/C15H17BrClNO2S/c16-14-5-6-21-15(14)8-18-7-13(19)10-20-9-11-1-3-12(17)4-2-11/h1-6,13,18-19H,7-10H2. The number of halogens is 2. The summed E-state index contributed by atoms with van der Waals surface area (Å²) in [6.45, 7) is 2.03. The number of benzene rings is 1. The van der Waals surface area contributed by atoms with E-state index in [4.69, 9.17) is 16.3 Å². The first-order valence-corrected chi connectivity index (χ1v) is 8.63.